The average molecular weight is 258 g/mol. The Balaban J connectivity index is 2.87. The van der Waals surface area contributed by atoms with Crippen molar-refractivity contribution in [2.24, 2.45) is 17.2 Å². The maximum atomic E-state index is 5.55. The molecular formula is C8H12BrN5+2. The van der Waals surface area contributed by atoms with E-state index in [2.05, 4.69) is 25.9 Å². The lowest BCUT2D eigenvalue weighted by molar-refractivity contribution is -0.459. The summed E-state index contributed by atoms with van der Waals surface area (Å²) in [5.74, 6) is 0.333. The van der Waals surface area contributed by atoms with Crippen LogP contribution in [0.4, 0.5) is 5.69 Å². The fourth-order valence-corrected chi connectivity index (χ4v) is 1.14. The minimum absolute atomic E-state index is 0.0483. The van der Waals surface area contributed by atoms with Gasteiger partial charge in [0, 0.05) is 4.47 Å². The maximum Gasteiger partial charge on any atom is 0.390 e. The first-order chi connectivity index (χ1) is 6.58. The maximum absolute atomic E-state index is 5.55. The van der Waals surface area contributed by atoms with E-state index in [1.54, 1.807) is 0 Å². The smallest absolute Gasteiger partial charge is 0.275 e. The quantitative estimate of drug-likeness (QED) is 0.271. The van der Waals surface area contributed by atoms with Crippen LogP contribution in [0, 0.1) is 0 Å². The van der Waals surface area contributed by atoms with Crippen LogP contribution in [0.3, 0.4) is 0 Å². The lowest BCUT2D eigenvalue weighted by atomic mass is 10.3. The zero-order valence-corrected chi connectivity index (χ0v) is 9.01. The highest BCUT2D eigenvalue weighted by Crippen LogP contribution is 2.09. The van der Waals surface area contributed by atoms with Crippen molar-refractivity contribution in [2.45, 2.75) is 0 Å². The third kappa shape index (κ3) is 3.44. The number of nitrogens with one attached hydrogen (secondary N) is 2. The molecule has 0 heterocycles. The van der Waals surface area contributed by atoms with Gasteiger partial charge in [0.05, 0.1) is 0 Å². The van der Waals surface area contributed by atoms with E-state index in [-0.39, 0.29) is 11.9 Å². The third-order valence-electron chi connectivity index (χ3n) is 1.40. The van der Waals surface area contributed by atoms with Crippen molar-refractivity contribution >= 4 is 33.5 Å². The van der Waals surface area contributed by atoms with E-state index in [4.69, 9.17) is 17.2 Å². The standard InChI is InChI=1S/C8H10BrN5/c9-5-1-3-6(4-2-5)13-8(12)14-7(10)11/h1-4H,(H6,10,11,12,13,14)/p+2. The van der Waals surface area contributed by atoms with Crippen LogP contribution >= 0.6 is 15.9 Å². The summed E-state index contributed by atoms with van der Waals surface area (Å²) >= 11 is 3.33. The molecule has 0 fully saturated rings. The van der Waals surface area contributed by atoms with E-state index >= 15 is 0 Å². The summed E-state index contributed by atoms with van der Waals surface area (Å²) in [7, 11) is 0. The summed E-state index contributed by atoms with van der Waals surface area (Å²) in [4.78, 5) is 5.43. The zero-order chi connectivity index (χ0) is 10.6. The van der Waals surface area contributed by atoms with Gasteiger partial charge in [-0.3, -0.25) is 17.2 Å². The van der Waals surface area contributed by atoms with Gasteiger partial charge >= 0.3 is 11.9 Å². The molecule has 0 unspecified atom stereocenters. The Kier molecular flexibility index (Phi) is 3.47. The fraction of sp³-hybridized carbons (Fsp3) is 0. The highest BCUT2D eigenvalue weighted by atomic mass is 79.9. The van der Waals surface area contributed by atoms with Gasteiger partial charge in [-0.05, 0) is 24.3 Å². The molecular weight excluding hydrogens is 246 g/mol. The van der Waals surface area contributed by atoms with Crippen LogP contribution in [-0.2, 0) is 0 Å². The number of halogens is 1. The number of guanidine groups is 2. The van der Waals surface area contributed by atoms with E-state index in [1.165, 1.54) is 0 Å². The summed E-state index contributed by atoms with van der Waals surface area (Å²) in [6.07, 6.45) is 0. The van der Waals surface area contributed by atoms with Gasteiger partial charge in [0.25, 0.3) is 0 Å². The first kappa shape index (κ1) is 10.5. The molecule has 1 aromatic carbocycles. The first-order valence-corrected chi connectivity index (χ1v) is 4.67. The molecule has 0 aliphatic heterocycles. The monoisotopic (exact) mass is 257 g/mol. The lowest BCUT2D eigenvalue weighted by Crippen LogP contribution is -2.96. The number of hydrogen-bond donors (Lipinski definition) is 5. The van der Waals surface area contributed by atoms with Gasteiger partial charge in [-0.2, -0.15) is 4.99 Å². The molecule has 0 saturated heterocycles. The van der Waals surface area contributed by atoms with E-state index in [9.17, 15) is 0 Å². The third-order valence-corrected chi connectivity index (χ3v) is 1.93. The van der Waals surface area contributed by atoms with Gasteiger partial charge in [-0.1, -0.05) is 15.9 Å². The summed E-state index contributed by atoms with van der Waals surface area (Å²) in [6, 6.07) is 7.52. The normalized spacial score (nSPS) is 11.1. The molecule has 0 amide bonds. The van der Waals surface area contributed by atoms with Crippen molar-refractivity contribution in [1.82, 2.24) is 0 Å². The number of nitrogens with two attached hydrogens (primary N) is 3. The number of rotatable bonds is 1. The summed E-state index contributed by atoms with van der Waals surface area (Å²) in [6.45, 7) is 0. The van der Waals surface area contributed by atoms with Gasteiger partial charge in [0.2, 0.25) is 0 Å². The average Bonchev–Trinajstić information content (AvgIpc) is 2.07. The minimum Gasteiger partial charge on any atom is -0.275 e. The molecule has 0 bridgehead atoms. The molecule has 14 heavy (non-hydrogen) atoms. The summed E-state index contributed by atoms with van der Waals surface area (Å²) < 4.78 is 1.000. The summed E-state index contributed by atoms with van der Waals surface area (Å²) in [5.41, 5.74) is 16.8. The molecule has 1 rings (SSSR count). The van der Waals surface area contributed by atoms with Crippen molar-refractivity contribution < 1.29 is 9.98 Å². The van der Waals surface area contributed by atoms with E-state index in [1.807, 2.05) is 24.3 Å². The summed E-state index contributed by atoms with van der Waals surface area (Å²) in [5, 5.41) is 0. The van der Waals surface area contributed by atoms with Crippen LogP contribution in [0.5, 0.6) is 0 Å². The molecule has 0 atom stereocenters. The van der Waals surface area contributed by atoms with E-state index in [0.29, 0.717) is 0 Å². The van der Waals surface area contributed by atoms with Crippen LogP contribution in [-0.4, -0.2) is 11.9 Å². The second-order valence-electron chi connectivity index (χ2n) is 2.63. The van der Waals surface area contributed by atoms with Crippen molar-refractivity contribution in [3.05, 3.63) is 28.7 Å². The molecule has 74 valence electrons. The van der Waals surface area contributed by atoms with Gasteiger partial charge in [0.15, 0.2) is 0 Å². The van der Waals surface area contributed by atoms with Crippen LogP contribution in [0.25, 0.3) is 0 Å². The first-order valence-electron chi connectivity index (χ1n) is 3.88. The molecule has 0 spiro atoms. The fourth-order valence-electron chi connectivity index (χ4n) is 0.875. The molecule has 0 aliphatic carbocycles. The Morgan fingerprint density at radius 2 is 1.64 bits per heavy atom. The Morgan fingerprint density at radius 3 is 2.14 bits per heavy atom. The van der Waals surface area contributed by atoms with E-state index < -0.39 is 0 Å². The molecule has 0 aromatic heterocycles. The Bertz CT molecular complexity index is 364. The lowest BCUT2D eigenvalue weighted by Gasteiger charge is -1.91. The second kappa shape index (κ2) is 4.61. The minimum atomic E-state index is 0.0483. The van der Waals surface area contributed by atoms with Gasteiger partial charge in [0.1, 0.15) is 5.69 Å². The van der Waals surface area contributed by atoms with Crippen LogP contribution in [0.1, 0.15) is 0 Å². The predicted molar refractivity (Wildman–Crippen MR) is 58.3 cm³/mol. The molecule has 8 N–H and O–H groups in total. The Labute approximate surface area is 89.8 Å². The predicted octanol–water partition coefficient (Wildman–Crippen LogP) is -3.17. The highest BCUT2D eigenvalue weighted by molar-refractivity contribution is 9.10. The SMILES string of the molecule is NC(N)=[NH+]C(N)=[NH+]c1ccc(Br)cc1. The number of hydrogen-bond acceptors (Lipinski definition) is 0. The van der Waals surface area contributed by atoms with Gasteiger partial charge in [-0.15, -0.1) is 0 Å². The molecule has 0 aliphatic rings. The van der Waals surface area contributed by atoms with Crippen LogP contribution in [0.2, 0.25) is 0 Å². The Morgan fingerprint density at radius 1 is 1.07 bits per heavy atom. The van der Waals surface area contributed by atoms with Crippen LogP contribution in [0.15, 0.2) is 28.7 Å². The van der Waals surface area contributed by atoms with Crippen molar-refractivity contribution in [3.8, 4) is 0 Å². The zero-order valence-electron chi connectivity index (χ0n) is 7.42. The highest BCUT2D eigenvalue weighted by Gasteiger charge is 1.99. The largest absolute Gasteiger partial charge is 0.390 e. The molecule has 1 aromatic rings. The molecule has 0 saturated carbocycles. The van der Waals surface area contributed by atoms with Crippen LogP contribution < -0.4 is 27.2 Å². The molecule has 6 heteroatoms. The topological polar surface area (TPSA) is 106 Å². The number of benzene rings is 1. The van der Waals surface area contributed by atoms with E-state index in [0.717, 1.165) is 10.2 Å². The second-order valence-corrected chi connectivity index (χ2v) is 3.54. The van der Waals surface area contributed by atoms with Crippen molar-refractivity contribution in [2.75, 3.05) is 0 Å². The van der Waals surface area contributed by atoms with Gasteiger partial charge < -0.3 is 0 Å². The Hall–Kier alpha value is -1.56. The molecule has 5 nitrogen and oxygen atoms in total. The van der Waals surface area contributed by atoms with Gasteiger partial charge in [-0.25, -0.2) is 4.99 Å². The van der Waals surface area contributed by atoms with Crippen molar-refractivity contribution in [3.63, 3.8) is 0 Å². The van der Waals surface area contributed by atoms with Crippen molar-refractivity contribution in [1.29, 1.82) is 0 Å². The molecule has 0 radical (unpaired) electrons.